The number of benzene rings is 4. The fourth-order valence-electron chi connectivity index (χ4n) is 5.44. The zero-order chi connectivity index (χ0) is 36.6. The average molecular weight is 743 g/mol. The molecule has 0 radical (unpaired) electrons. The quantitative estimate of drug-likeness (QED) is 0.136. The number of aryl methyl sites for hydroxylation is 1. The second-order valence-electron chi connectivity index (χ2n) is 11.7. The number of carboxylic acid groups (broad SMARTS) is 1. The summed E-state index contributed by atoms with van der Waals surface area (Å²) in [6, 6.07) is 23.3. The normalized spacial score (nSPS) is 11.2. The highest BCUT2D eigenvalue weighted by atomic mass is 35.5. The maximum Gasteiger partial charge on any atom is 0.335 e. The van der Waals surface area contributed by atoms with Gasteiger partial charge in [-0.15, -0.1) is 5.73 Å². The van der Waals surface area contributed by atoms with Gasteiger partial charge in [-0.2, -0.15) is 0 Å². The van der Waals surface area contributed by atoms with Crippen LogP contribution in [0.2, 0.25) is 10.0 Å². The molecule has 0 saturated heterocycles. The van der Waals surface area contributed by atoms with Crippen LogP contribution in [0.5, 0.6) is 0 Å². The highest BCUT2D eigenvalue weighted by Crippen LogP contribution is 2.28. The number of hydrogen-bond donors (Lipinski definition) is 3. The van der Waals surface area contributed by atoms with Crippen molar-refractivity contribution in [2.75, 3.05) is 23.7 Å². The van der Waals surface area contributed by atoms with E-state index in [1.807, 2.05) is 43.3 Å². The summed E-state index contributed by atoms with van der Waals surface area (Å²) in [5.74, 6) is -1.12. The molecule has 2 aromatic heterocycles. The zero-order valence-corrected chi connectivity index (χ0v) is 29.6. The van der Waals surface area contributed by atoms with E-state index in [1.165, 1.54) is 82.1 Å². The van der Waals surface area contributed by atoms with Gasteiger partial charge in [0.05, 0.1) is 43.5 Å². The predicted molar refractivity (Wildman–Crippen MR) is 202 cm³/mol. The van der Waals surface area contributed by atoms with E-state index in [0.717, 1.165) is 11.3 Å². The second-order valence-corrected chi connectivity index (χ2v) is 14.2. The molecule has 2 heterocycles. The van der Waals surface area contributed by atoms with Gasteiger partial charge in [0, 0.05) is 24.8 Å². The number of carboxylic acids is 1. The van der Waals surface area contributed by atoms with Gasteiger partial charge in [-0.1, -0.05) is 35.3 Å². The van der Waals surface area contributed by atoms with Crippen molar-refractivity contribution in [3.8, 4) is 11.4 Å². The number of carbonyl (C=O) groups is 1. The lowest BCUT2D eigenvalue weighted by Crippen LogP contribution is -2.23. The van der Waals surface area contributed by atoms with Crippen LogP contribution in [0.4, 0.5) is 11.4 Å². The molecule has 0 saturated carbocycles. The first kappa shape index (κ1) is 35.1. The molecule has 3 N–H and O–H groups in total. The SMILES string of the molecule is Cc1c(C=C=Cc2ccc(N(C)C)cc2)c(=O)n(-c2ccc(S(=O)(=O)Nc3cc(Cl)ccc3Cl)cc2)c2[nH]n(-c3ccc(C(=O)O)cc3)c(=O)c12. The second kappa shape index (κ2) is 13.9. The molecule has 11 nitrogen and oxygen atoms in total. The first-order chi connectivity index (χ1) is 24.2. The zero-order valence-electron chi connectivity index (χ0n) is 27.3. The van der Waals surface area contributed by atoms with Gasteiger partial charge in [0.25, 0.3) is 21.1 Å². The van der Waals surface area contributed by atoms with Crippen molar-refractivity contribution in [1.29, 1.82) is 0 Å². The molecule has 14 heteroatoms. The number of halogens is 2. The van der Waals surface area contributed by atoms with E-state index in [9.17, 15) is 27.9 Å². The Hall–Kier alpha value is -5.78. The lowest BCUT2D eigenvalue weighted by Gasteiger charge is -2.13. The summed E-state index contributed by atoms with van der Waals surface area (Å²) in [5.41, 5.74) is 5.38. The number of fused-ring (bicyclic) bond motifs is 1. The number of nitrogens with zero attached hydrogens (tertiary/aromatic N) is 3. The first-order valence-corrected chi connectivity index (χ1v) is 17.5. The molecular formula is C37H29Cl2N5O6S. The minimum Gasteiger partial charge on any atom is -0.478 e. The van der Waals surface area contributed by atoms with Crippen LogP contribution in [0, 0.1) is 6.92 Å². The lowest BCUT2D eigenvalue weighted by atomic mass is 10.1. The van der Waals surface area contributed by atoms with Crippen molar-refractivity contribution < 1.29 is 18.3 Å². The molecular weight excluding hydrogens is 713 g/mol. The van der Waals surface area contributed by atoms with Crippen molar-refractivity contribution in [3.05, 3.63) is 150 Å². The number of pyridine rings is 1. The topological polar surface area (TPSA) is 146 Å². The number of hydrogen-bond acceptors (Lipinski definition) is 6. The third-order valence-electron chi connectivity index (χ3n) is 8.15. The molecule has 0 fully saturated rings. The van der Waals surface area contributed by atoms with Crippen LogP contribution in [0.25, 0.3) is 34.6 Å². The minimum absolute atomic E-state index is 0.0359. The molecule has 258 valence electrons. The van der Waals surface area contributed by atoms with Crippen LogP contribution in [-0.2, 0) is 10.0 Å². The van der Waals surface area contributed by atoms with Gasteiger partial charge in [0.2, 0.25) is 0 Å². The van der Waals surface area contributed by atoms with Gasteiger partial charge >= 0.3 is 5.97 Å². The Morgan fingerprint density at radius 1 is 0.882 bits per heavy atom. The monoisotopic (exact) mass is 741 g/mol. The fraction of sp³-hybridized carbons (Fsp3) is 0.0811. The molecule has 0 atom stereocenters. The van der Waals surface area contributed by atoms with E-state index < -0.39 is 27.1 Å². The standard InChI is InChI=1S/C37H29Cl2N5O6S/c1-22-30(6-4-5-23-7-12-26(13-8-23)42(2)3)35(45)43(34-33(22)36(46)44(40-34)28-14-9-24(10-15-28)37(47)48)27-16-18-29(19-17-27)51(49,50)41-32-21-25(38)11-20-31(32)39/h5-21,40-41H,1-3H3,(H,47,48). The summed E-state index contributed by atoms with van der Waals surface area (Å²) in [7, 11) is -0.241. The number of aromatic amines is 1. The molecule has 0 unspecified atom stereocenters. The number of H-pyrrole nitrogens is 1. The first-order valence-electron chi connectivity index (χ1n) is 15.3. The molecule has 0 bridgehead atoms. The van der Waals surface area contributed by atoms with Crippen molar-refractivity contribution in [1.82, 2.24) is 14.3 Å². The Morgan fingerprint density at radius 2 is 1.53 bits per heavy atom. The Kier molecular flexibility index (Phi) is 9.52. The van der Waals surface area contributed by atoms with E-state index in [0.29, 0.717) is 11.3 Å². The van der Waals surface area contributed by atoms with Crippen molar-refractivity contribution in [2.24, 2.45) is 0 Å². The maximum absolute atomic E-state index is 14.3. The smallest absolute Gasteiger partial charge is 0.335 e. The highest BCUT2D eigenvalue weighted by Gasteiger charge is 2.22. The number of anilines is 2. The lowest BCUT2D eigenvalue weighted by molar-refractivity contribution is 0.0697. The van der Waals surface area contributed by atoms with E-state index >= 15 is 0 Å². The summed E-state index contributed by atoms with van der Waals surface area (Å²) < 4.78 is 31.4. The number of aromatic carboxylic acids is 1. The van der Waals surface area contributed by atoms with Crippen molar-refractivity contribution >= 4 is 73.8 Å². The summed E-state index contributed by atoms with van der Waals surface area (Å²) in [4.78, 5) is 41.5. The molecule has 0 aliphatic heterocycles. The maximum atomic E-state index is 14.3. The van der Waals surface area contributed by atoms with E-state index in [-0.39, 0.29) is 48.5 Å². The van der Waals surface area contributed by atoms with Crippen LogP contribution >= 0.6 is 23.2 Å². The summed E-state index contributed by atoms with van der Waals surface area (Å²) in [5, 5.41) is 13.0. The summed E-state index contributed by atoms with van der Waals surface area (Å²) in [6.45, 7) is 1.66. The van der Waals surface area contributed by atoms with Gasteiger partial charge in [0.1, 0.15) is 5.65 Å². The molecule has 0 aliphatic carbocycles. The Morgan fingerprint density at radius 3 is 2.16 bits per heavy atom. The predicted octanol–water partition coefficient (Wildman–Crippen LogP) is 6.98. The number of aromatic nitrogens is 3. The van der Waals surface area contributed by atoms with Gasteiger partial charge in [-0.05, 0) is 109 Å². The van der Waals surface area contributed by atoms with Crippen LogP contribution in [0.3, 0.4) is 0 Å². The molecule has 6 rings (SSSR count). The molecule has 4 aromatic carbocycles. The summed E-state index contributed by atoms with van der Waals surface area (Å²) >= 11 is 12.2. The van der Waals surface area contributed by atoms with E-state index in [1.54, 1.807) is 13.0 Å². The summed E-state index contributed by atoms with van der Waals surface area (Å²) in [6.07, 6.45) is 3.22. The van der Waals surface area contributed by atoms with Crippen LogP contribution < -0.4 is 20.7 Å². The third-order valence-corrected chi connectivity index (χ3v) is 10.1. The number of nitrogens with one attached hydrogen (secondary N) is 2. The highest BCUT2D eigenvalue weighted by molar-refractivity contribution is 7.92. The van der Waals surface area contributed by atoms with Gasteiger partial charge in [0.15, 0.2) is 0 Å². The fourth-order valence-corrected chi connectivity index (χ4v) is 6.90. The minimum atomic E-state index is -4.12. The van der Waals surface area contributed by atoms with Crippen molar-refractivity contribution in [3.63, 3.8) is 0 Å². The van der Waals surface area contributed by atoms with Crippen LogP contribution in [0.1, 0.15) is 27.0 Å². The van der Waals surface area contributed by atoms with E-state index in [2.05, 4.69) is 15.6 Å². The Labute approximate surface area is 302 Å². The molecule has 0 spiro atoms. The third kappa shape index (κ3) is 6.99. The van der Waals surface area contributed by atoms with Gasteiger partial charge < -0.3 is 10.0 Å². The van der Waals surface area contributed by atoms with Gasteiger partial charge in [-0.3, -0.25) is 24.0 Å². The van der Waals surface area contributed by atoms with E-state index in [4.69, 9.17) is 23.2 Å². The number of sulfonamides is 1. The van der Waals surface area contributed by atoms with Crippen LogP contribution in [0.15, 0.2) is 111 Å². The Balaban J connectivity index is 1.50. The van der Waals surface area contributed by atoms with Crippen LogP contribution in [-0.4, -0.2) is 47.9 Å². The molecule has 6 aromatic rings. The molecule has 0 aliphatic rings. The largest absolute Gasteiger partial charge is 0.478 e. The molecule has 51 heavy (non-hydrogen) atoms. The van der Waals surface area contributed by atoms with Gasteiger partial charge in [-0.25, -0.2) is 17.9 Å². The number of rotatable bonds is 9. The Bertz CT molecular complexity index is 2620. The average Bonchev–Trinajstić information content (AvgIpc) is 3.44. The molecule has 0 amide bonds. The van der Waals surface area contributed by atoms with Crippen molar-refractivity contribution in [2.45, 2.75) is 11.8 Å².